The van der Waals surface area contributed by atoms with Crippen LogP contribution in [0.5, 0.6) is 0 Å². The van der Waals surface area contributed by atoms with Gasteiger partial charge in [-0.2, -0.15) is 0 Å². The molecule has 33 heavy (non-hydrogen) atoms. The molecule has 0 saturated carbocycles. The van der Waals surface area contributed by atoms with Gasteiger partial charge in [-0.15, -0.1) is 54.1 Å². The maximum absolute atomic E-state index is 7.49. The van der Waals surface area contributed by atoms with Crippen LogP contribution in [0.15, 0.2) is 102 Å². The summed E-state index contributed by atoms with van der Waals surface area (Å²) in [6.07, 6.45) is 3.04. The molecule has 3 aromatic carbocycles. The maximum Gasteiger partial charge on any atom is 0.120 e. The van der Waals surface area contributed by atoms with Crippen LogP contribution < -0.4 is 0 Å². The molecule has 0 spiro atoms. The number of aromatic nitrogens is 3. The Labute approximate surface area is 209 Å². The van der Waals surface area contributed by atoms with E-state index in [0.717, 1.165) is 27.6 Å². The number of nitrogens with zero attached hydrogens (tertiary/aromatic N) is 3. The second-order valence-electron chi connectivity index (χ2n) is 6.97. The van der Waals surface area contributed by atoms with Gasteiger partial charge in [-0.3, -0.25) is 4.98 Å². The van der Waals surface area contributed by atoms with Crippen molar-refractivity contribution in [3.63, 3.8) is 0 Å². The normalized spacial score (nSPS) is 12.1. The summed E-state index contributed by atoms with van der Waals surface area (Å²) < 4.78 is 28.4. The molecular weight excluding hydrogens is 587 g/mol. The van der Waals surface area contributed by atoms with Gasteiger partial charge in [0, 0.05) is 41.5 Å². The fourth-order valence-corrected chi connectivity index (χ4v) is 3.45. The van der Waals surface area contributed by atoms with Crippen LogP contribution in [-0.4, -0.2) is 15.0 Å². The predicted octanol–water partition coefficient (Wildman–Crippen LogP) is 6.70. The Morgan fingerprint density at radius 1 is 0.788 bits per heavy atom. The number of rotatable bonds is 2. The third kappa shape index (κ3) is 4.90. The van der Waals surface area contributed by atoms with E-state index in [4.69, 9.17) is 8.53 Å². The van der Waals surface area contributed by atoms with Gasteiger partial charge in [-0.1, -0.05) is 47.3 Å². The molecule has 0 fully saturated rings. The number of para-hydroxylation sites is 1. The van der Waals surface area contributed by atoms with E-state index < -0.39 is 6.85 Å². The second-order valence-corrected chi connectivity index (χ2v) is 6.97. The molecule has 0 amide bonds. The minimum Gasteiger partial charge on any atom is -0.501 e. The number of hydrogen-bond acceptors (Lipinski definition) is 4. The molecule has 0 unspecified atom stereocenters. The number of benzene rings is 3. The van der Waals surface area contributed by atoms with Crippen molar-refractivity contribution in [2.24, 2.45) is 0 Å². The van der Waals surface area contributed by atoms with Crippen molar-refractivity contribution in [2.45, 2.75) is 6.85 Å². The average molecular weight is 609 g/mol. The van der Waals surface area contributed by atoms with Gasteiger partial charge in [-0.25, -0.2) is 4.98 Å². The van der Waals surface area contributed by atoms with Crippen molar-refractivity contribution in [1.29, 1.82) is 0 Å². The molecule has 0 N–H and O–H groups in total. The van der Waals surface area contributed by atoms with Crippen molar-refractivity contribution >= 4 is 21.9 Å². The third-order valence-electron chi connectivity index (χ3n) is 4.91. The summed E-state index contributed by atoms with van der Waals surface area (Å²) >= 11 is 0. The first-order chi connectivity index (χ1) is 17.0. The summed E-state index contributed by atoms with van der Waals surface area (Å²) in [5, 5.41) is 1.95. The van der Waals surface area contributed by atoms with Crippen LogP contribution >= 0.6 is 0 Å². The van der Waals surface area contributed by atoms with Crippen LogP contribution in [0.1, 0.15) is 9.81 Å². The predicted molar refractivity (Wildman–Crippen MR) is 127 cm³/mol. The molecule has 4 nitrogen and oxygen atoms in total. The fraction of sp³-hybridized carbons (Fsp3) is 0.0357. The van der Waals surface area contributed by atoms with Gasteiger partial charge < -0.3 is 9.40 Å². The molecule has 3 heterocycles. The summed E-state index contributed by atoms with van der Waals surface area (Å²) in [5.74, 6) is 0. The van der Waals surface area contributed by atoms with E-state index in [1.807, 2.05) is 72.8 Å². The van der Waals surface area contributed by atoms with E-state index in [9.17, 15) is 0 Å². The van der Waals surface area contributed by atoms with Crippen LogP contribution in [0.2, 0.25) is 0 Å². The van der Waals surface area contributed by atoms with E-state index in [1.54, 1.807) is 12.3 Å². The zero-order chi connectivity index (χ0) is 24.3. The van der Waals surface area contributed by atoms with Crippen LogP contribution in [0, 0.1) is 19.0 Å². The molecule has 0 saturated heterocycles. The monoisotopic (exact) mass is 609 g/mol. The number of fused-ring (bicyclic) bond motifs is 3. The smallest absolute Gasteiger partial charge is 0.120 e. The first-order valence-corrected chi connectivity index (χ1v) is 10.0. The topological polar surface area (TPSA) is 51.8 Å². The van der Waals surface area contributed by atoms with Gasteiger partial charge in [0.2, 0.25) is 0 Å². The van der Waals surface area contributed by atoms with Crippen LogP contribution in [-0.2, 0) is 20.1 Å². The van der Waals surface area contributed by atoms with Crippen molar-refractivity contribution < 1.29 is 28.6 Å². The number of pyridine rings is 1. The molecule has 3 aromatic heterocycles. The van der Waals surface area contributed by atoms with Gasteiger partial charge in [0.15, 0.2) is 0 Å². The van der Waals surface area contributed by atoms with Crippen LogP contribution in [0.4, 0.5) is 0 Å². The number of aryl methyl sites for hydroxylation is 1. The molecule has 0 aliphatic rings. The summed E-state index contributed by atoms with van der Waals surface area (Å²) in [5.41, 5.74) is 4.54. The van der Waals surface area contributed by atoms with E-state index in [-0.39, 0.29) is 25.8 Å². The Kier molecular flexibility index (Phi) is 5.89. The molecule has 0 aliphatic carbocycles. The Morgan fingerprint density at radius 2 is 1.67 bits per heavy atom. The Balaban J connectivity index is 0.000000198. The molecule has 6 aromatic rings. The van der Waals surface area contributed by atoms with Crippen molar-refractivity contribution in [3.8, 4) is 22.5 Å². The minimum absolute atomic E-state index is 0. The number of hydrogen-bond donors (Lipinski definition) is 0. The SMILES string of the molecule is [2H]C([2H])([2H])c1cc(-c2[c-]ccc3c2oc2ccccc23)ncn1.[Ir].[c-]1ccccc1-c1ccccn1. The first kappa shape index (κ1) is 18.9. The van der Waals surface area contributed by atoms with E-state index in [0.29, 0.717) is 16.8 Å². The van der Waals surface area contributed by atoms with E-state index in [1.165, 1.54) is 12.4 Å². The van der Waals surface area contributed by atoms with E-state index in [2.05, 4.69) is 27.1 Å². The standard InChI is InChI=1S/C17H11N2O.C11H8N.Ir/c1-11-9-15(19-10-18-11)14-7-4-6-13-12-5-2-3-8-16(12)20-17(13)14;1-2-6-10(7-3-1)11-8-4-5-9-12-11;/h2-6,8-10H,1H3;1-6,8-9H;/q2*-1;/i1D3;;. The van der Waals surface area contributed by atoms with Gasteiger partial charge in [-0.05, 0) is 30.4 Å². The number of furan rings is 1. The molecular formula is C28H19IrN3O-2. The van der Waals surface area contributed by atoms with Gasteiger partial charge in [0.05, 0.1) is 5.58 Å². The largest absolute Gasteiger partial charge is 0.501 e. The second kappa shape index (κ2) is 10.3. The summed E-state index contributed by atoms with van der Waals surface area (Å²) in [6.45, 7) is -2.28. The van der Waals surface area contributed by atoms with Crippen molar-refractivity contribution in [1.82, 2.24) is 15.0 Å². The molecule has 0 aliphatic heterocycles. The van der Waals surface area contributed by atoms with Gasteiger partial charge in [0.25, 0.3) is 0 Å². The molecule has 6 rings (SSSR count). The van der Waals surface area contributed by atoms with Crippen molar-refractivity contribution in [3.05, 3.63) is 115 Å². The molecule has 5 heteroatoms. The van der Waals surface area contributed by atoms with Gasteiger partial charge >= 0.3 is 0 Å². The van der Waals surface area contributed by atoms with Crippen LogP contribution in [0.25, 0.3) is 44.5 Å². The first-order valence-electron chi connectivity index (χ1n) is 11.5. The Hall–Kier alpha value is -3.66. The molecule has 0 bridgehead atoms. The molecule has 0 atom stereocenters. The fourth-order valence-electron chi connectivity index (χ4n) is 3.45. The van der Waals surface area contributed by atoms with Crippen molar-refractivity contribution in [2.75, 3.05) is 0 Å². The summed E-state index contributed by atoms with van der Waals surface area (Å²) in [7, 11) is 0. The van der Waals surface area contributed by atoms with Crippen LogP contribution in [0.3, 0.4) is 0 Å². The van der Waals surface area contributed by atoms with E-state index >= 15 is 0 Å². The average Bonchev–Trinajstić information content (AvgIpc) is 3.29. The quantitative estimate of drug-likeness (QED) is 0.206. The third-order valence-corrected chi connectivity index (χ3v) is 4.91. The zero-order valence-electron chi connectivity index (χ0n) is 20.3. The maximum atomic E-state index is 7.49. The Morgan fingerprint density at radius 3 is 2.48 bits per heavy atom. The summed E-state index contributed by atoms with van der Waals surface area (Å²) in [4.78, 5) is 12.2. The zero-order valence-corrected chi connectivity index (χ0v) is 19.7. The summed E-state index contributed by atoms with van der Waals surface area (Å²) in [6, 6.07) is 32.8. The molecule has 1 radical (unpaired) electrons. The van der Waals surface area contributed by atoms with Gasteiger partial charge in [0.1, 0.15) is 11.9 Å². The minimum atomic E-state index is -2.28. The molecule has 163 valence electrons. The Bertz CT molecular complexity index is 1550.